The van der Waals surface area contributed by atoms with Gasteiger partial charge in [0.2, 0.25) is 0 Å². The van der Waals surface area contributed by atoms with Crippen LogP contribution in [-0.2, 0) is 27.4 Å². The zero-order chi connectivity index (χ0) is 18.9. The number of carbonyl (C=O) groups is 2. The summed E-state index contributed by atoms with van der Waals surface area (Å²) in [6.07, 6.45) is 0.127. The molecule has 0 atom stereocenters. The molecule has 0 spiro atoms. The molecule has 2 aromatic rings. The highest BCUT2D eigenvalue weighted by Gasteiger charge is 2.11. The first-order valence-corrected chi connectivity index (χ1v) is 8.33. The maximum Gasteiger partial charge on any atom is 0.338 e. The van der Waals surface area contributed by atoms with E-state index < -0.39 is 24.3 Å². The van der Waals surface area contributed by atoms with Crippen LogP contribution in [0.15, 0.2) is 48.5 Å². The van der Waals surface area contributed by atoms with Gasteiger partial charge in [-0.1, -0.05) is 30.3 Å². The Balaban J connectivity index is 1.77. The molecule has 0 bridgehead atoms. The maximum absolute atomic E-state index is 13.5. The molecule has 0 aromatic heterocycles. The predicted molar refractivity (Wildman–Crippen MR) is 94.9 cm³/mol. The van der Waals surface area contributed by atoms with E-state index in [1.807, 2.05) is 13.8 Å². The number of amides is 1. The van der Waals surface area contributed by atoms with Gasteiger partial charge in [-0.3, -0.25) is 4.79 Å². The maximum atomic E-state index is 13.5. The van der Waals surface area contributed by atoms with Crippen molar-refractivity contribution < 1.29 is 23.5 Å². The molecular weight excluding hydrogens is 337 g/mol. The van der Waals surface area contributed by atoms with Crippen LogP contribution in [0.5, 0.6) is 0 Å². The zero-order valence-electron chi connectivity index (χ0n) is 14.8. The number of esters is 1. The van der Waals surface area contributed by atoms with Gasteiger partial charge in [-0.25, -0.2) is 9.18 Å². The largest absolute Gasteiger partial charge is 0.452 e. The molecule has 0 unspecified atom stereocenters. The first kappa shape index (κ1) is 19.6. The summed E-state index contributed by atoms with van der Waals surface area (Å²) in [5.74, 6) is -1.49. The van der Waals surface area contributed by atoms with Gasteiger partial charge in [0.15, 0.2) is 6.61 Å². The van der Waals surface area contributed by atoms with E-state index in [4.69, 9.17) is 9.47 Å². The van der Waals surface area contributed by atoms with E-state index in [1.165, 1.54) is 6.07 Å². The highest BCUT2D eigenvalue weighted by atomic mass is 19.1. The molecule has 0 aliphatic carbocycles. The summed E-state index contributed by atoms with van der Waals surface area (Å²) in [6, 6.07) is 12.9. The van der Waals surface area contributed by atoms with Crippen molar-refractivity contribution in [1.82, 2.24) is 5.32 Å². The van der Waals surface area contributed by atoms with E-state index in [0.29, 0.717) is 17.7 Å². The number of benzene rings is 2. The lowest BCUT2D eigenvalue weighted by Gasteiger charge is -2.09. The molecule has 0 aliphatic heterocycles. The van der Waals surface area contributed by atoms with E-state index in [9.17, 15) is 14.0 Å². The van der Waals surface area contributed by atoms with Crippen molar-refractivity contribution in [1.29, 1.82) is 0 Å². The number of carbonyl (C=O) groups excluding carboxylic acids is 2. The minimum Gasteiger partial charge on any atom is -0.452 e. The quantitative estimate of drug-likeness (QED) is 0.735. The SMILES string of the molecule is CC(C)OCc1ccc(C(=O)OCC(=O)NCc2ccccc2F)cc1. The Morgan fingerprint density at radius 1 is 1.08 bits per heavy atom. The first-order valence-electron chi connectivity index (χ1n) is 8.33. The zero-order valence-corrected chi connectivity index (χ0v) is 14.8. The lowest BCUT2D eigenvalue weighted by atomic mass is 10.1. The Morgan fingerprint density at radius 2 is 1.77 bits per heavy atom. The van der Waals surface area contributed by atoms with Gasteiger partial charge in [0.25, 0.3) is 5.91 Å². The van der Waals surface area contributed by atoms with Crippen LogP contribution in [0.2, 0.25) is 0 Å². The third kappa shape index (κ3) is 6.29. The van der Waals surface area contributed by atoms with E-state index >= 15 is 0 Å². The van der Waals surface area contributed by atoms with Crippen molar-refractivity contribution in [2.24, 2.45) is 0 Å². The Morgan fingerprint density at radius 3 is 2.42 bits per heavy atom. The molecule has 0 saturated carbocycles. The summed E-state index contributed by atoms with van der Waals surface area (Å²) in [7, 11) is 0. The average Bonchev–Trinajstić information content (AvgIpc) is 2.64. The molecular formula is C20H22FNO4. The van der Waals surface area contributed by atoms with Crippen LogP contribution in [0.1, 0.15) is 35.3 Å². The molecule has 5 nitrogen and oxygen atoms in total. The molecule has 26 heavy (non-hydrogen) atoms. The first-order chi connectivity index (χ1) is 12.5. The lowest BCUT2D eigenvalue weighted by molar-refractivity contribution is -0.124. The summed E-state index contributed by atoms with van der Waals surface area (Å²) in [6.45, 7) is 3.97. The molecule has 1 N–H and O–H groups in total. The second kappa shape index (κ2) is 9.68. The van der Waals surface area contributed by atoms with Crippen LogP contribution in [0, 0.1) is 5.82 Å². The topological polar surface area (TPSA) is 64.6 Å². The number of ether oxygens (including phenoxy) is 2. The smallest absolute Gasteiger partial charge is 0.338 e. The molecule has 0 radical (unpaired) electrons. The minimum absolute atomic E-state index is 0.0353. The second-order valence-electron chi connectivity index (χ2n) is 6.00. The van der Waals surface area contributed by atoms with Crippen LogP contribution >= 0.6 is 0 Å². The van der Waals surface area contributed by atoms with Crippen molar-refractivity contribution >= 4 is 11.9 Å². The summed E-state index contributed by atoms with van der Waals surface area (Å²) >= 11 is 0. The van der Waals surface area contributed by atoms with Crippen LogP contribution in [0.4, 0.5) is 4.39 Å². The highest BCUT2D eigenvalue weighted by Crippen LogP contribution is 2.09. The number of hydrogen-bond acceptors (Lipinski definition) is 4. The number of hydrogen-bond donors (Lipinski definition) is 1. The molecule has 1 amide bonds. The van der Waals surface area contributed by atoms with Crippen molar-refractivity contribution in [3.8, 4) is 0 Å². The predicted octanol–water partition coefficient (Wildman–Crippen LogP) is 3.22. The molecule has 0 heterocycles. The van der Waals surface area contributed by atoms with E-state index in [1.54, 1.807) is 42.5 Å². The molecule has 0 aliphatic rings. The van der Waals surface area contributed by atoms with Gasteiger partial charge in [-0.15, -0.1) is 0 Å². The number of nitrogens with one attached hydrogen (secondary N) is 1. The Labute approximate surface area is 152 Å². The van der Waals surface area contributed by atoms with E-state index in [-0.39, 0.29) is 12.6 Å². The molecule has 0 fully saturated rings. The fraction of sp³-hybridized carbons (Fsp3) is 0.300. The summed E-state index contributed by atoms with van der Waals surface area (Å²) < 4.78 is 23.9. The van der Waals surface area contributed by atoms with E-state index in [0.717, 1.165) is 5.56 Å². The standard InChI is InChI=1S/C20H22FNO4/c1-14(2)25-12-15-7-9-16(10-8-15)20(24)26-13-19(23)22-11-17-5-3-4-6-18(17)21/h3-10,14H,11-13H2,1-2H3,(H,22,23). The molecule has 2 rings (SSSR count). The van der Waals surface area contributed by atoms with Crippen molar-refractivity contribution in [3.05, 3.63) is 71.0 Å². The highest BCUT2D eigenvalue weighted by molar-refractivity contribution is 5.91. The van der Waals surface area contributed by atoms with Crippen LogP contribution < -0.4 is 5.32 Å². The summed E-state index contributed by atoms with van der Waals surface area (Å²) in [5.41, 5.74) is 1.66. The third-order valence-corrected chi connectivity index (χ3v) is 3.54. The molecule has 138 valence electrons. The summed E-state index contributed by atoms with van der Waals surface area (Å²) in [5, 5.41) is 2.51. The molecule has 0 saturated heterocycles. The fourth-order valence-electron chi connectivity index (χ4n) is 2.10. The van der Waals surface area contributed by atoms with Gasteiger partial charge in [0.05, 0.1) is 18.3 Å². The van der Waals surface area contributed by atoms with E-state index in [2.05, 4.69) is 5.32 Å². The van der Waals surface area contributed by atoms with Crippen LogP contribution in [-0.4, -0.2) is 24.6 Å². The lowest BCUT2D eigenvalue weighted by Crippen LogP contribution is -2.28. The fourth-order valence-corrected chi connectivity index (χ4v) is 2.10. The van der Waals surface area contributed by atoms with Crippen molar-refractivity contribution in [2.75, 3.05) is 6.61 Å². The number of halogens is 1. The third-order valence-electron chi connectivity index (χ3n) is 3.54. The van der Waals surface area contributed by atoms with Gasteiger partial charge in [0, 0.05) is 12.1 Å². The van der Waals surface area contributed by atoms with Gasteiger partial charge < -0.3 is 14.8 Å². The second-order valence-corrected chi connectivity index (χ2v) is 6.00. The number of rotatable bonds is 8. The van der Waals surface area contributed by atoms with Crippen LogP contribution in [0.25, 0.3) is 0 Å². The van der Waals surface area contributed by atoms with Gasteiger partial charge in [-0.2, -0.15) is 0 Å². The van der Waals surface area contributed by atoms with Crippen LogP contribution in [0.3, 0.4) is 0 Å². The van der Waals surface area contributed by atoms with Crippen molar-refractivity contribution in [3.63, 3.8) is 0 Å². The Hall–Kier alpha value is -2.73. The average molecular weight is 359 g/mol. The Bertz CT molecular complexity index is 744. The van der Waals surface area contributed by atoms with Gasteiger partial charge in [-0.05, 0) is 37.6 Å². The normalized spacial score (nSPS) is 10.6. The summed E-state index contributed by atoms with van der Waals surface area (Å²) in [4.78, 5) is 23.7. The monoisotopic (exact) mass is 359 g/mol. The van der Waals surface area contributed by atoms with Gasteiger partial charge >= 0.3 is 5.97 Å². The van der Waals surface area contributed by atoms with Crippen molar-refractivity contribution in [2.45, 2.75) is 33.1 Å². The Kier molecular flexibility index (Phi) is 7.29. The molecule has 6 heteroatoms. The minimum atomic E-state index is -0.595. The molecule has 2 aromatic carbocycles. The van der Waals surface area contributed by atoms with Gasteiger partial charge in [0.1, 0.15) is 5.82 Å².